The molecule has 0 radical (unpaired) electrons. The average molecular weight is 505 g/mol. The van der Waals surface area contributed by atoms with Gasteiger partial charge in [0.15, 0.2) is 5.75 Å². The summed E-state index contributed by atoms with van der Waals surface area (Å²) in [5.41, 5.74) is 1.39. The molecule has 33 heavy (non-hydrogen) atoms. The van der Waals surface area contributed by atoms with Gasteiger partial charge in [-0.05, 0) is 55.5 Å². The summed E-state index contributed by atoms with van der Waals surface area (Å²) in [4.78, 5) is 13.5. The van der Waals surface area contributed by atoms with Gasteiger partial charge in [0, 0.05) is 22.2 Å². The molecule has 2 N–H and O–H groups in total. The molecule has 0 fully saturated rings. The minimum absolute atomic E-state index is 0.0179. The van der Waals surface area contributed by atoms with Gasteiger partial charge in [0.25, 0.3) is 0 Å². The van der Waals surface area contributed by atoms with Crippen LogP contribution in [0.3, 0.4) is 0 Å². The van der Waals surface area contributed by atoms with Crippen LogP contribution in [0.1, 0.15) is 5.56 Å². The Hall–Kier alpha value is -2.68. The Morgan fingerprint density at radius 2 is 1.73 bits per heavy atom. The van der Waals surface area contributed by atoms with E-state index >= 15 is 0 Å². The Bertz CT molecular complexity index is 1200. The third-order valence-corrected chi connectivity index (χ3v) is 7.81. The van der Waals surface area contributed by atoms with E-state index in [4.69, 9.17) is 16.3 Å². The van der Waals surface area contributed by atoms with E-state index in [9.17, 15) is 13.2 Å². The molecular weight excluding hydrogens is 480 g/mol. The zero-order chi connectivity index (χ0) is 23.8. The van der Waals surface area contributed by atoms with Gasteiger partial charge >= 0.3 is 0 Å². The van der Waals surface area contributed by atoms with Gasteiger partial charge < -0.3 is 15.4 Å². The number of sulfone groups is 1. The fraction of sp³-hybridized carbons (Fsp3) is 0.208. The van der Waals surface area contributed by atoms with Crippen LogP contribution in [-0.4, -0.2) is 40.3 Å². The van der Waals surface area contributed by atoms with Crippen molar-refractivity contribution in [3.63, 3.8) is 0 Å². The molecule has 3 aromatic rings. The Morgan fingerprint density at radius 3 is 2.39 bits per heavy atom. The van der Waals surface area contributed by atoms with Crippen molar-refractivity contribution in [3.05, 3.63) is 77.3 Å². The molecule has 3 rings (SSSR count). The van der Waals surface area contributed by atoms with E-state index in [-0.39, 0.29) is 28.0 Å². The number of carbonyl (C=O) groups is 1. The molecule has 0 heterocycles. The lowest BCUT2D eigenvalue weighted by atomic mass is 10.2. The number of carbonyl (C=O) groups excluding carboxylic acids is 1. The smallest absolute Gasteiger partial charge is 0.239 e. The van der Waals surface area contributed by atoms with Crippen molar-refractivity contribution in [2.45, 2.75) is 21.6 Å². The average Bonchev–Trinajstić information content (AvgIpc) is 2.81. The molecule has 9 heteroatoms. The molecule has 174 valence electrons. The molecule has 1 amide bonds. The molecule has 3 aromatic carbocycles. The molecule has 0 aliphatic carbocycles. The van der Waals surface area contributed by atoms with Crippen LogP contribution in [0.15, 0.2) is 81.4 Å². The largest absolute Gasteiger partial charge is 0.493 e. The summed E-state index contributed by atoms with van der Waals surface area (Å²) < 4.78 is 31.7. The summed E-state index contributed by atoms with van der Waals surface area (Å²) in [6.45, 7) is 2.37. The number of para-hydroxylation sites is 1. The molecule has 0 aliphatic rings. The van der Waals surface area contributed by atoms with Crippen LogP contribution in [0.4, 0.5) is 5.69 Å². The number of benzene rings is 3. The summed E-state index contributed by atoms with van der Waals surface area (Å²) in [5, 5.41) is 6.50. The fourth-order valence-electron chi connectivity index (χ4n) is 3.05. The van der Waals surface area contributed by atoms with Gasteiger partial charge in [0.05, 0.1) is 24.2 Å². The van der Waals surface area contributed by atoms with E-state index < -0.39 is 9.84 Å². The topological polar surface area (TPSA) is 84.5 Å². The molecule has 0 bridgehead atoms. The Morgan fingerprint density at radius 1 is 1.03 bits per heavy atom. The number of rotatable bonds is 10. The van der Waals surface area contributed by atoms with E-state index in [1.807, 2.05) is 31.2 Å². The van der Waals surface area contributed by atoms with Crippen molar-refractivity contribution < 1.29 is 17.9 Å². The number of amides is 1. The first-order chi connectivity index (χ1) is 15.8. The minimum Gasteiger partial charge on any atom is -0.493 e. The molecule has 0 unspecified atom stereocenters. The van der Waals surface area contributed by atoms with Crippen LogP contribution in [0.5, 0.6) is 5.75 Å². The summed E-state index contributed by atoms with van der Waals surface area (Å²) in [7, 11) is -2.38. The van der Waals surface area contributed by atoms with Gasteiger partial charge in [-0.3, -0.25) is 4.79 Å². The predicted octanol–water partition coefficient (Wildman–Crippen LogP) is 4.81. The zero-order valence-corrected chi connectivity index (χ0v) is 20.7. The summed E-state index contributed by atoms with van der Waals surface area (Å²) >= 11 is 7.49. The highest BCUT2D eigenvalue weighted by Crippen LogP contribution is 2.35. The Kier molecular flexibility index (Phi) is 8.66. The zero-order valence-electron chi connectivity index (χ0n) is 18.3. The predicted molar refractivity (Wildman–Crippen MR) is 133 cm³/mol. The first-order valence-electron chi connectivity index (χ1n) is 10.2. The maximum absolute atomic E-state index is 13.1. The van der Waals surface area contributed by atoms with E-state index in [1.165, 1.54) is 13.2 Å². The van der Waals surface area contributed by atoms with Crippen LogP contribution in [0.2, 0.25) is 5.02 Å². The normalized spacial score (nSPS) is 11.1. The van der Waals surface area contributed by atoms with E-state index in [0.29, 0.717) is 23.0 Å². The van der Waals surface area contributed by atoms with Crippen molar-refractivity contribution in [2.24, 2.45) is 0 Å². The molecule has 0 aromatic heterocycles. The fourth-order valence-corrected chi connectivity index (χ4v) is 5.39. The maximum atomic E-state index is 13.1. The second kappa shape index (κ2) is 11.4. The lowest BCUT2D eigenvalue weighted by molar-refractivity contribution is -0.119. The van der Waals surface area contributed by atoms with Gasteiger partial charge in [0.1, 0.15) is 4.90 Å². The number of aryl methyl sites for hydroxylation is 1. The molecule has 6 nitrogen and oxygen atoms in total. The monoisotopic (exact) mass is 504 g/mol. The second-order valence-corrected chi connectivity index (χ2v) is 10.7. The number of halogens is 1. The van der Waals surface area contributed by atoms with Crippen molar-refractivity contribution in [3.8, 4) is 5.75 Å². The first-order valence-corrected chi connectivity index (χ1v) is 13.0. The molecule has 0 aliphatic heterocycles. The van der Waals surface area contributed by atoms with Crippen molar-refractivity contribution >= 4 is 44.8 Å². The van der Waals surface area contributed by atoms with Gasteiger partial charge in [-0.15, -0.1) is 11.8 Å². The second-order valence-electron chi connectivity index (χ2n) is 7.16. The highest BCUT2D eigenvalue weighted by Gasteiger charge is 2.24. The Labute approximate surface area is 203 Å². The maximum Gasteiger partial charge on any atom is 0.239 e. The van der Waals surface area contributed by atoms with Crippen LogP contribution in [0.25, 0.3) is 0 Å². The third-order valence-electron chi connectivity index (χ3n) is 4.75. The first kappa shape index (κ1) is 25.0. The molecule has 0 saturated carbocycles. The number of methoxy groups -OCH3 is 1. The molecule has 0 spiro atoms. The molecule has 0 saturated heterocycles. The number of thioether (sulfide) groups is 1. The summed E-state index contributed by atoms with van der Waals surface area (Å²) in [6, 6.07) is 18.9. The van der Waals surface area contributed by atoms with E-state index in [0.717, 1.165) is 10.5 Å². The Balaban J connectivity index is 1.60. The minimum atomic E-state index is -3.78. The van der Waals surface area contributed by atoms with Crippen LogP contribution in [-0.2, 0) is 14.6 Å². The van der Waals surface area contributed by atoms with Gasteiger partial charge in [-0.2, -0.15) is 0 Å². The van der Waals surface area contributed by atoms with Crippen LogP contribution >= 0.6 is 23.4 Å². The quantitative estimate of drug-likeness (QED) is 0.304. The van der Waals surface area contributed by atoms with Crippen molar-refractivity contribution in [1.82, 2.24) is 5.32 Å². The number of hydrogen-bond donors (Lipinski definition) is 2. The standard InChI is InChI=1S/C24H25ClN2O4S2/c1-17-6-12-20(13-7-17)33(29,30)22-5-3-4-21(24(22)31-2)27-16-23(28)26-14-15-32-19-10-8-18(25)9-11-19/h3-13,27H,14-16H2,1-2H3,(H,26,28). The number of nitrogens with one attached hydrogen (secondary N) is 2. The highest BCUT2D eigenvalue weighted by molar-refractivity contribution is 7.99. The lowest BCUT2D eigenvalue weighted by Gasteiger charge is -2.15. The van der Waals surface area contributed by atoms with Gasteiger partial charge in [0.2, 0.25) is 15.7 Å². The number of ether oxygens (including phenoxy) is 1. The van der Waals surface area contributed by atoms with E-state index in [1.54, 1.807) is 48.2 Å². The summed E-state index contributed by atoms with van der Waals surface area (Å²) in [5.74, 6) is 0.672. The SMILES string of the molecule is COc1c(NCC(=O)NCCSc2ccc(Cl)cc2)cccc1S(=O)(=O)c1ccc(C)cc1. The molecule has 0 atom stereocenters. The van der Waals surface area contributed by atoms with Crippen LogP contribution < -0.4 is 15.4 Å². The van der Waals surface area contributed by atoms with Crippen LogP contribution in [0, 0.1) is 6.92 Å². The van der Waals surface area contributed by atoms with Gasteiger partial charge in [-0.25, -0.2) is 8.42 Å². The molecular formula is C24H25ClN2O4S2. The summed E-state index contributed by atoms with van der Waals surface area (Å²) in [6.07, 6.45) is 0. The van der Waals surface area contributed by atoms with E-state index in [2.05, 4.69) is 10.6 Å². The number of hydrogen-bond acceptors (Lipinski definition) is 6. The van der Waals surface area contributed by atoms with Crippen molar-refractivity contribution in [2.75, 3.05) is 31.3 Å². The third kappa shape index (κ3) is 6.66. The van der Waals surface area contributed by atoms with Crippen molar-refractivity contribution in [1.29, 1.82) is 0 Å². The van der Waals surface area contributed by atoms with Gasteiger partial charge in [-0.1, -0.05) is 35.4 Å². The lowest BCUT2D eigenvalue weighted by Crippen LogP contribution is -2.31. The number of anilines is 1. The highest BCUT2D eigenvalue weighted by atomic mass is 35.5.